The maximum absolute atomic E-state index is 12.7. The van der Waals surface area contributed by atoms with Crippen molar-refractivity contribution in [1.82, 2.24) is 10.2 Å². The van der Waals surface area contributed by atoms with Gasteiger partial charge < -0.3 is 14.6 Å². The summed E-state index contributed by atoms with van der Waals surface area (Å²) in [5, 5.41) is 4.74. The number of hydrogen-bond acceptors (Lipinski definition) is 3. The van der Waals surface area contributed by atoms with E-state index < -0.39 is 0 Å². The van der Waals surface area contributed by atoms with Gasteiger partial charge in [-0.2, -0.15) is 0 Å². The lowest BCUT2D eigenvalue weighted by molar-refractivity contribution is 0.0757. The van der Waals surface area contributed by atoms with E-state index in [0.29, 0.717) is 22.3 Å². The Morgan fingerprint density at radius 1 is 1.52 bits per heavy atom. The normalized spacial score (nSPS) is 18.6. The van der Waals surface area contributed by atoms with Gasteiger partial charge in [-0.15, -0.1) is 0 Å². The summed E-state index contributed by atoms with van der Waals surface area (Å²) in [6.45, 7) is 4.44. The van der Waals surface area contributed by atoms with Gasteiger partial charge in [0.05, 0.1) is 0 Å². The van der Waals surface area contributed by atoms with E-state index >= 15 is 0 Å². The number of aryl methyl sites for hydroxylation is 1. The molecule has 1 aliphatic heterocycles. The third-order valence-corrected chi connectivity index (χ3v) is 4.39. The summed E-state index contributed by atoms with van der Waals surface area (Å²) in [4.78, 5) is 14.5. The van der Waals surface area contributed by atoms with E-state index in [1.807, 2.05) is 31.0 Å². The second-order valence-corrected chi connectivity index (χ2v) is 6.10. The lowest BCUT2D eigenvalue weighted by Crippen LogP contribution is -2.30. The molecular weight excluding hydrogens is 288 g/mol. The van der Waals surface area contributed by atoms with Crippen LogP contribution in [0.25, 0.3) is 11.0 Å². The first-order valence-corrected chi connectivity index (χ1v) is 7.60. The number of furan rings is 1. The molecule has 112 valence electrons. The largest absolute Gasteiger partial charge is 0.451 e. The number of rotatable bonds is 3. The van der Waals surface area contributed by atoms with Crippen molar-refractivity contribution < 1.29 is 9.21 Å². The molecule has 1 aromatic heterocycles. The zero-order chi connectivity index (χ0) is 15.0. The molecule has 0 aliphatic carbocycles. The van der Waals surface area contributed by atoms with Crippen LogP contribution in [0, 0.1) is 12.8 Å². The highest BCUT2D eigenvalue weighted by molar-refractivity contribution is 6.31. The molecule has 1 aromatic carbocycles. The highest BCUT2D eigenvalue weighted by Crippen LogP contribution is 2.29. The standard InChI is InChI=1S/C16H19ClN2O2/c1-10-13-7-12(17)3-4-14(13)21-15(10)16(20)19-6-5-11(9-19)8-18-2/h3-4,7,11,18H,5-6,8-9H2,1-2H3. The third-order valence-electron chi connectivity index (χ3n) is 4.16. The molecule has 21 heavy (non-hydrogen) atoms. The first-order chi connectivity index (χ1) is 10.1. The number of amides is 1. The Morgan fingerprint density at radius 2 is 2.33 bits per heavy atom. The molecule has 0 radical (unpaired) electrons. The van der Waals surface area contributed by atoms with Gasteiger partial charge in [0.15, 0.2) is 5.76 Å². The van der Waals surface area contributed by atoms with Gasteiger partial charge in [-0.05, 0) is 51.1 Å². The van der Waals surface area contributed by atoms with Crippen LogP contribution in [0.4, 0.5) is 0 Å². The molecule has 1 unspecified atom stereocenters. The van der Waals surface area contributed by atoms with Crippen molar-refractivity contribution in [2.24, 2.45) is 5.92 Å². The maximum atomic E-state index is 12.7. The minimum absolute atomic E-state index is 0.0153. The number of nitrogens with one attached hydrogen (secondary N) is 1. The van der Waals surface area contributed by atoms with E-state index in [4.69, 9.17) is 16.0 Å². The smallest absolute Gasteiger partial charge is 0.289 e. The molecule has 1 fully saturated rings. The summed E-state index contributed by atoms with van der Waals surface area (Å²) in [6.07, 6.45) is 1.04. The van der Waals surface area contributed by atoms with Crippen LogP contribution in [-0.4, -0.2) is 37.5 Å². The van der Waals surface area contributed by atoms with Gasteiger partial charge in [0.1, 0.15) is 5.58 Å². The summed E-state index contributed by atoms with van der Waals surface area (Å²) >= 11 is 6.02. The molecule has 1 amide bonds. The van der Waals surface area contributed by atoms with Gasteiger partial charge in [0.25, 0.3) is 5.91 Å². The Bertz CT molecular complexity index is 680. The summed E-state index contributed by atoms with van der Waals surface area (Å²) in [5.41, 5.74) is 1.58. The molecule has 0 spiro atoms. The molecular formula is C16H19ClN2O2. The zero-order valence-electron chi connectivity index (χ0n) is 12.3. The van der Waals surface area contributed by atoms with Crippen molar-refractivity contribution in [3.8, 4) is 0 Å². The van der Waals surface area contributed by atoms with Gasteiger partial charge in [0, 0.05) is 29.1 Å². The quantitative estimate of drug-likeness (QED) is 0.948. The number of carbonyl (C=O) groups is 1. The average Bonchev–Trinajstić information content (AvgIpc) is 3.05. The summed E-state index contributed by atoms with van der Waals surface area (Å²) in [6, 6.07) is 5.44. The molecule has 1 atom stereocenters. The molecule has 3 rings (SSSR count). The summed E-state index contributed by atoms with van der Waals surface area (Å²) < 4.78 is 5.76. The third kappa shape index (κ3) is 2.65. The molecule has 4 nitrogen and oxygen atoms in total. The number of halogens is 1. The Labute approximate surface area is 129 Å². The minimum atomic E-state index is -0.0153. The molecule has 2 heterocycles. The van der Waals surface area contributed by atoms with Gasteiger partial charge in [0.2, 0.25) is 0 Å². The van der Waals surface area contributed by atoms with E-state index in [1.165, 1.54) is 0 Å². The number of carbonyl (C=O) groups excluding carboxylic acids is 1. The van der Waals surface area contributed by atoms with Crippen LogP contribution in [0.2, 0.25) is 5.02 Å². The van der Waals surface area contributed by atoms with Crippen LogP contribution in [0.15, 0.2) is 22.6 Å². The van der Waals surface area contributed by atoms with E-state index in [2.05, 4.69) is 5.32 Å². The fourth-order valence-electron chi connectivity index (χ4n) is 3.01. The van der Waals surface area contributed by atoms with Crippen LogP contribution < -0.4 is 5.32 Å². The Balaban J connectivity index is 1.87. The van der Waals surface area contributed by atoms with Crippen molar-refractivity contribution in [2.45, 2.75) is 13.3 Å². The molecule has 5 heteroatoms. The van der Waals surface area contributed by atoms with Crippen LogP contribution >= 0.6 is 11.6 Å². The highest BCUT2D eigenvalue weighted by atomic mass is 35.5. The lowest BCUT2D eigenvalue weighted by Gasteiger charge is -2.15. The molecule has 1 N–H and O–H groups in total. The van der Waals surface area contributed by atoms with Gasteiger partial charge in [-0.3, -0.25) is 4.79 Å². The first-order valence-electron chi connectivity index (χ1n) is 7.22. The monoisotopic (exact) mass is 306 g/mol. The number of benzene rings is 1. The molecule has 2 aromatic rings. The van der Waals surface area contributed by atoms with Gasteiger partial charge in [-0.25, -0.2) is 0 Å². The predicted molar refractivity (Wildman–Crippen MR) is 83.9 cm³/mol. The number of fused-ring (bicyclic) bond motifs is 1. The fraction of sp³-hybridized carbons (Fsp3) is 0.438. The van der Waals surface area contributed by atoms with E-state index in [0.717, 1.165) is 37.0 Å². The van der Waals surface area contributed by atoms with Crippen molar-refractivity contribution >= 4 is 28.5 Å². The molecule has 1 saturated heterocycles. The van der Waals surface area contributed by atoms with Crippen LogP contribution in [0.5, 0.6) is 0 Å². The van der Waals surface area contributed by atoms with Gasteiger partial charge >= 0.3 is 0 Å². The number of hydrogen-bond donors (Lipinski definition) is 1. The second kappa shape index (κ2) is 5.70. The van der Waals surface area contributed by atoms with Crippen molar-refractivity contribution in [1.29, 1.82) is 0 Å². The number of likely N-dealkylation sites (tertiary alicyclic amines) is 1. The topological polar surface area (TPSA) is 45.5 Å². The summed E-state index contributed by atoms with van der Waals surface area (Å²) in [5.74, 6) is 0.953. The average molecular weight is 307 g/mol. The Morgan fingerprint density at radius 3 is 3.10 bits per heavy atom. The highest BCUT2D eigenvalue weighted by Gasteiger charge is 2.29. The van der Waals surface area contributed by atoms with Crippen LogP contribution in [0.3, 0.4) is 0 Å². The van der Waals surface area contributed by atoms with E-state index in [1.54, 1.807) is 6.07 Å². The maximum Gasteiger partial charge on any atom is 0.289 e. The van der Waals surface area contributed by atoms with Crippen molar-refractivity contribution in [3.05, 3.63) is 34.5 Å². The van der Waals surface area contributed by atoms with E-state index in [-0.39, 0.29) is 5.91 Å². The molecule has 0 saturated carbocycles. The molecule has 0 bridgehead atoms. The predicted octanol–water partition coefficient (Wildman–Crippen LogP) is 3.08. The second-order valence-electron chi connectivity index (χ2n) is 5.66. The Kier molecular flexibility index (Phi) is 3.91. The van der Waals surface area contributed by atoms with Crippen LogP contribution in [-0.2, 0) is 0 Å². The fourth-order valence-corrected chi connectivity index (χ4v) is 3.19. The Hall–Kier alpha value is -1.52. The first kappa shape index (κ1) is 14.4. The summed E-state index contributed by atoms with van der Waals surface area (Å²) in [7, 11) is 1.94. The number of nitrogens with zero attached hydrogens (tertiary/aromatic N) is 1. The SMILES string of the molecule is CNCC1CCN(C(=O)c2oc3ccc(Cl)cc3c2C)C1. The minimum Gasteiger partial charge on any atom is -0.451 e. The molecule has 1 aliphatic rings. The zero-order valence-corrected chi connectivity index (χ0v) is 13.0. The van der Waals surface area contributed by atoms with Gasteiger partial charge in [-0.1, -0.05) is 11.6 Å². The van der Waals surface area contributed by atoms with E-state index in [9.17, 15) is 4.79 Å². The lowest BCUT2D eigenvalue weighted by atomic mass is 10.1. The van der Waals surface area contributed by atoms with Crippen LogP contribution in [0.1, 0.15) is 22.5 Å². The van der Waals surface area contributed by atoms with Crippen molar-refractivity contribution in [2.75, 3.05) is 26.7 Å². The van der Waals surface area contributed by atoms with Crippen molar-refractivity contribution in [3.63, 3.8) is 0 Å².